The van der Waals surface area contributed by atoms with E-state index in [1.165, 1.54) is 0 Å². The second kappa shape index (κ2) is 9.68. The molecule has 0 aromatic heterocycles. The summed E-state index contributed by atoms with van der Waals surface area (Å²) in [7, 11) is 0.499. The molecule has 0 N–H and O–H groups in total. The number of hydrogen-bond donors (Lipinski definition) is 0. The van der Waals surface area contributed by atoms with Gasteiger partial charge in [0.15, 0.2) is 0 Å². The van der Waals surface area contributed by atoms with Gasteiger partial charge in [0.1, 0.15) is 6.79 Å². The van der Waals surface area contributed by atoms with Crippen molar-refractivity contribution in [1.29, 1.82) is 0 Å². The average molecular weight is 222 g/mol. The molecule has 1 unspecified atom stereocenters. The van der Waals surface area contributed by atoms with Crippen molar-refractivity contribution in [2.45, 2.75) is 45.5 Å². The van der Waals surface area contributed by atoms with Crippen LogP contribution >= 0.6 is 0 Å². The summed E-state index contributed by atoms with van der Waals surface area (Å²) in [6.07, 6.45) is 5.56. The summed E-state index contributed by atoms with van der Waals surface area (Å²) in [5.74, 6) is 0. The summed E-state index contributed by atoms with van der Waals surface area (Å²) in [4.78, 5) is 0. The largest absolute Gasteiger partial charge is 1.00 e. The summed E-state index contributed by atoms with van der Waals surface area (Å²) in [6, 6.07) is 0. The zero-order chi connectivity index (χ0) is 11.0. The van der Waals surface area contributed by atoms with Gasteiger partial charge in [-0.05, 0) is 0 Å². The van der Waals surface area contributed by atoms with E-state index in [4.69, 9.17) is 9.47 Å². The fourth-order valence-corrected chi connectivity index (χ4v) is 1.66. The van der Waals surface area contributed by atoms with Gasteiger partial charge in [-0.15, -0.1) is 0 Å². The SMILES string of the molecule is CCCC([C-]=C[Si](C)(C)C)OCOC.[Li+]. The van der Waals surface area contributed by atoms with E-state index in [1.54, 1.807) is 7.11 Å². The van der Waals surface area contributed by atoms with Crippen LogP contribution in [0.25, 0.3) is 0 Å². The summed E-state index contributed by atoms with van der Waals surface area (Å²) >= 11 is 0. The van der Waals surface area contributed by atoms with Gasteiger partial charge in [0.25, 0.3) is 0 Å². The second-order valence-electron chi connectivity index (χ2n) is 4.53. The second-order valence-corrected chi connectivity index (χ2v) is 9.55. The van der Waals surface area contributed by atoms with E-state index in [1.807, 2.05) is 0 Å². The Balaban J connectivity index is 0. The van der Waals surface area contributed by atoms with Gasteiger partial charge in [0, 0.05) is 15.2 Å². The van der Waals surface area contributed by atoms with Crippen molar-refractivity contribution < 1.29 is 28.3 Å². The van der Waals surface area contributed by atoms with E-state index in [9.17, 15) is 0 Å². The maximum atomic E-state index is 5.48. The maximum Gasteiger partial charge on any atom is 1.00 e. The summed E-state index contributed by atoms with van der Waals surface area (Å²) in [6.45, 7) is 9.38. The van der Waals surface area contributed by atoms with E-state index < -0.39 is 8.07 Å². The number of ether oxygens (including phenoxy) is 2. The van der Waals surface area contributed by atoms with Gasteiger partial charge in [-0.2, -0.15) is 0 Å². The minimum absolute atomic E-state index is 0. The van der Waals surface area contributed by atoms with Crippen LogP contribution in [0.15, 0.2) is 5.70 Å². The van der Waals surface area contributed by atoms with E-state index in [2.05, 4.69) is 38.3 Å². The smallest absolute Gasteiger partial charge is 0.475 e. The van der Waals surface area contributed by atoms with Crippen LogP contribution in [-0.4, -0.2) is 28.1 Å². The first-order chi connectivity index (χ1) is 6.49. The summed E-state index contributed by atoms with van der Waals surface area (Å²) in [5.41, 5.74) is 2.21. The third-order valence-electron chi connectivity index (χ3n) is 1.64. The standard InChI is InChI=1S/C11H23O2Si.Li/c1-6-7-11(13-10-12-2)8-9-14(3,4)5;/h9,11H,6-7,10H2,1-5H3;/q-1;+1. The van der Waals surface area contributed by atoms with Crippen molar-refractivity contribution in [1.82, 2.24) is 0 Å². The van der Waals surface area contributed by atoms with Crippen molar-refractivity contribution in [2.24, 2.45) is 0 Å². The first-order valence-corrected chi connectivity index (χ1v) is 8.78. The number of rotatable bonds is 7. The summed E-state index contributed by atoms with van der Waals surface area (Å²) < 4.78 is 10.4. The quantitative estimate of drug-likeness (QED) is 0.343. The molecule has 4 heteroatoms. The van der Waals surface area contributed by atoms with Crippen molar-refractivity contribution in [3.05, 3.63) is 11.8 Å². The van der Waals surface area contributed by atoms with Gasteiger partial charge in [0.05, 0.1) is 0 Å². The molecule has 0 aliphatic carbocycles. The number of methoxy groups -OCH3 is 1. The molecule has 1 atom stereocenters. The molecule has 0 spiro atoms. The van der Waals surface area contributed by atoms with Crippen molar-refractivity contribution in [3.8, 4) is 0 Å². The maximum absolute atomic E-state index is 5.48. The monoisotopic (exact) mass is 222 g/mol. The van der Waals surface area contributed by atoms with E-state index in [0.29, 0.717) is 6.79 Å². The Hall–Kier alpha value is 0.474. The average Bonchev–Trinajstić information content (AvgIpc) is 2.08. The van der Waals surface area contributed by atoms with Crippen LogP contribution in [0.2, 0.25) is 19.6 Å². The van der Waals surface area contributed by atoms with Crippen LogP contribution in [0.4, 0.5) is 0 Å². The first-order valence-electron chi connectivity index (χ1n) is 5.20. The van der Waals surface area contributed by atoms with Crippen molar-refractivity contribution in [3.63, 3.8) is 0 Å². The van der Waals surface area contributed by atoms with Crippen LogP contribution in [0, 0.1) is 6.08 Å². The fraction of sp³-hybridized carbons (Fsp3) is 0.818. The van der Waals surface area contributed by atoms with Crippen LogP contribution in [0.1, 0.15) is 19.8 Å². The number of hydrogen-bond acceptors (Lipinski definition) is 2. The molecule has 0 rings (SSSR count). The van der Waals surface area contributed by atoms with Gasteiger partial charge >= 0.3 is 18.9 Å². The van der Waals surface area contributed by atoms with Crippen LogP contribution < -0.4 is 18.9 Å². The van der Waals surface area contributed by atoms with Gasteiger partial charge in [0.2, 0.25) is 0 Å². The fourth-order valence-electron chi connectivity index (χ4n) is 0.970. The van der Waals surface area contributed by atoms with E-state index in [-0.39, 0.29) is 25.0 Å². The molecule has 0 fully saturated rings. The minimum atomic E-state index is -1.15. The molecule has 0 aliphatic rings. The Kier molecular flexibility index (Phi) is 11.5. The third-order valence-corrected chi connectivity index (χ3v) is 2.67. The topological polar surface area (TPSA) is 18.5 Å². The molecule has 15 heavy (non-hydrogen) atoms. The molecule has 0 aromatic carbocycles. The van der Waals surface area contributed by atoms with Crippen molar-refractivity contribution >= 4 is 8.07 Å². The molecule has 0 saturated heterocycles. The molecular weight excluding hydrogens is 199 g/mol. The molecular formula is C11H23LiO2Si. The van der Waals surface area contributed by atoms with Crippen LogP contribution in [0.3, 0.4) is 0 Å². The Morgan fingerprint density at radius 3 is 2.33 bits per heavy atom. The Bertz CT molecular complexity index is 166. The molecule has 0 radical (unpaired) electrons. The van der Waals surface area contributed by atoms with Crippen molar-refractivity contribution in [2.75, 3.05) is 13.9 Å². The Labute approximate surface area is 108 Å². The van der Waals surface area contributed by atoms with Gasteiger partial charge in [-0.1, -0.05) is 45.5 Å². The zero-order valence-electron chi connectivity index (χ0n) is 11.1. The predicted octanol–water partition coefficient (Wildman–Crippen LogP) is 0.0164. The molecule has 0 aliphatic heterocycles. The molecule has 0 saturated carbocycles. The van der Waals surface area contributed by atoms with E-state index in [0.717, 1.165) is 12.8 Å². The minimum Gasteiger partial charge on any atom is -0.475 e. The Morgan fingerprint density at radius 1 is 1.33 bits per heavy atom. The predicted molar refractivity (Wildman–Crippen MR) is 62.8 cm³/mol. The van der Waals surface area contributed by atoms with Gasteiger partial charge < -0.3 is 15.5 Å². The van der Waals surface area contributed by atoms with Gasteiger partial charge in [-0.25, -0.2) is 0 Å². The zero-order valence-corrected chi connectivity index (χ0v) is 12.1. The van der Waals surface area contributed by atoms with Crippen LogP contribution in [0.5, 0.6) is 0 Å². The molecule has 0 bridgehead atoms. The molecule has 0 aromatic rings. The first kappa shape index (κ1) is 17.9. The molecule has 0 heterocycles. The third kappa shape index (κ3) is 12.4. The summed E-state index contributed by atoms with van der Waals surface area (Å²) in [5, 5.41) is 0. The molecule has 84 valence electrons. The molecule has 0 amide bonds. The van der Waals surface area contributed by atoms with E-state index >= 15 is 0 Å². The van der Waals surface area contributed by atoms with Gasteiger partial charge in [-0.3, -0.25) is 5.70 Å². The normalized spacial score (nSPS) is 13.9. The molecule has 2 nitrogen and oxygen atoms in total. The Morgan fingerprint density at radius 2 is 1.93 bits per heavy atom. The van der Waals surface area contributed by atoms with Crippen LogP contribution in [-0.2, 0) is 9.47 Å².